The number of hydrogen-bond acceptors (Lipinski definition) is 2. The number of benzene rings is 3. The maximum atomic E-state index is 13.2. The van der Waals surface area contributed by atoms with Crippen molar-refractivity contribution >= 4 is 43.9 Å². The molecule has 0 atom stereocenters. The third-order valence-electron chi connectivity index (χ3n) is 4.74. The fraction of sp³-hybridized carbons (Fsp3) is 0.0455. The Bertz CT molecular complexity index is 1330. The molecule has 0 fully saturated rings. The Hall–Kier alpha value is -2.62. The molecule has 0 radical (unpaired) electrons. The number of fused-ring (bicyclic) bond motifs is 5. The number of rotatable bonds is 1. The predicted molar refractivity (Wildman–Crippen MR) is 111 cm³/mol. The summed E-state index contributed by atoms with van der Waals surface area (Å²) in [7, 11) is 0. The van der Waals surface area contributed by atoms with Crippen LogP contribution in [0, 0.1) is 6.92 Å². The first-order valence-electron chi connectivity index (χ1n) is 8.36. The minimum atomic E-state index is 0.0190. The van der Waals surface area contributed by atoms with Gasteiger partial charge in [-0.2, -0.15) is 0 Å². The van der Waals surface area contributed by atoms with Gasteiger partial charge in [0.25, 0.3) is 5.56 Å². The Morgan fingerprint density at radius 1 is 0.923 bits per heavy atom. The van der Waals surface area contributed by atoms with Crippen LogP contribution in [0.1, 0.15) is 5.56 Å². The zero-order chi connectivity index (χ0) is 17.8. The van der Waals surface area contributed by atoms with Gasteiger partial charge in [0.05, 0.1) is 20.8 Å². The third-order valence-corrected chi connectivity index (χ3v) is 6.23. The van der Waals surface area contributed by atoms with Gasteiger partial charge in [-0.05, 0) is 36.8 Å². The summed E-state index contributed by atoms with van der Waals surface area (Å²) in [6.07, 6.45) is 0. The lowest BCUT2D eigenvalue weighted by Crippen LogP contribution is -2.13. The number of hydrogen-bond donors (Lipinski definition) is 0. The van der Waals surface area contributed by atoms with Crippen molar-refractivity contribution in [3.8, 4) is 16.1 Å². The lowest BCUT2D eigenvalue weighted by Gasteiger charge is -2.15. The van der Waals surface area contributed by atoms with E-state index in [9.17, 15) is 4.79 Å². The molecule has 4 heteroatoms. The van der Waals surface area contributed by atoms with Crippen molar-refractivity contribution in [2.45, 2.75) is 6.92 Å². The second kappa shape index (κ2) is 5.70. The Labute approximate surface area is 159 Å². The molecule has 5 rings (SSSR count). The second-order valence-electron chi connectivity index (χ2n) is 6.42. The van der Waals surface area contributed by atoms with E-state index < -0.39 is 0 Å². The van der Waals surface area contributed by atoms with Crippen LogP contribution in [0.3, 0.4) is 0 Å². The van der Waals surface area contributed by atoms with Crippen LogP contribution in [-0.2, 0) is 0 Å². The normalized spacial score (nSPS) is 11.6. The van der Waals surface area contributed by atoms with E-state index in [0.717, 1.165) is 37.1 Å². The van der Waals surface area contributed by atoms with E-state index in [1.807, 2.05) is 65.2 Å². The molecule has 2 aliphatic rings. The van der Waals surface area contributed by atoms with Crippen molar-refractivity contribution in [1.29, 1.82) is 0 Å². The first-order valence-corrected chi connectivity index (χ1v) is 9.56. The molecule has 0 bridgehead atoms. The molecule has 0 spiro atoms. The Morgan fingerprint density at radius 2 is 1.65 bits per heavy atom. The van der Waals surface area contributed by atoms with E-state index in [1.165, 1.54) is 5.56 Å². The molecule has 2 nitrogen and oxygen atoms in total. The van der Waals surface area contributed by atoms with Crippen molar-refractivity contribution in [2.75, 3.05) is 0 Å². The summed E-state index contributed by atoms with van der Waals surface area (Å²) in [5, 5.41) is 2.39. The molecule has 0 amide bonds. The van der Waals surface area contributed by atoms with E-state index in [1.54, 1.807) is 11.3 Å². The molecule has 2 aliphatic heterocycles. The van der Waals surface area contributed by atoms with Gasteiger partial charge < -0.3 is 0 Å². The molecule has 126 valence electrons. The van der Waals surface area contributed by atoms with Crippen LogP contribution in [-0.4, -0.2) is 4.57 Å². The fourth-order valence-electron chi connectivity index (χ4n) is 3.55. The van der Waals surface area contributed by atoms with E-state index in [4.69, 9.17) is 11.6 Å². The molecule has 0 unspecified atom stereocenters. The molecule has 0 saturated heterocycles. The average molecular weight is 376 g/mol. The summed E-state index contributed by atoms with van der Waals surface area (Å²) in [4.78, 5) is 14.2. The minimum Gasteiger partial charge on any atom is -0.273 e. The monoisotopic (exact) mass is 375 g/mol. The Morgan fingerprint density at radius 3 is 2.46 bits per heavy atom. The topological polar surface area (TPSA) is 22.0 Å². The summed E-state index contributed by atoms with van der Waals surface area (Å²) < 4.78 is 2.92. The minimum absolute atomic E-state index is 0.0190. The first kappa shape index (κ1) is 15.6. The van der Waals surface area contributed by atoms with Gasteiger partial charge in [0, 0.05) is 21.4 Å². The van der Waals surface area contributed by atoms with Crippen LogP contribution in [0.25, 0.3) is 37.1 Å². The molecule has 3 aromatic rings. The smallest absolute Gasteiger partial charge is 0.263 e. The highest BCUT2D eigenvalue weighted by Crippen LogP contribution is 2.42. The van der Waals surface area contributed by atoms with Crippen LogP contribution in [0.2, 0.25) is 5.02 Å². The van der Waals surface area contributed by atoms with E-state index >= 15 is 0 Å². The summed E-state index contributed by atoms with van der Waals surface area (Å²) in [6, 6.07) is 21.8. The second-order valence-corrected chi connectivity index (χ2v) is 7.88. The number of aryl methyl sites for hydroxylation is 1. The van der Waals surface area contributed by atoms with E-state index in [-0.39, 0.29) is 5.56 Å². The van der Waals surface area contributed by atoms with Crippen molar-refractivity contribution in [3.63, 3.8) is 0 Å². The Balaban J connectivity index is 2.08. The van der Waals surface area contributed by atoms with Crippen LogP contribution < -0.4 is 5.56 Å². The average Bonchev–Trinajstić information content (AvgIpc) is 2.95. The van der Waals surface area contributed by atoms with E-state index in [2.05, 4.69) is 13.0 Å². The Kier molecular flexibility index (Phi) is 3.42. The van der Waals surface area contributed by atoms with Crippen LogP contribution in [0.4, 0.5) is 0 Å². The zero-order valence-electron chi connectivity index (χ0n) is 14.0. The predicted octanol–water partition coefficient (Wildman–Crippen LogP) is 6.27. The molecule has 0 aliphatic carbocycles. The zero-order valence-corrected chi connectivity index (χ0v) is 15.6. The molecular weight excluding hydrogens is 362 g/mol. The van der Waals surface area contributed by atoms with Gasteiger partial charge >= 0.3 is 0 Å². The molecular formula is C22H14ClNOS. The summed E-state index contributed by atoms with van der Waals surface area (Å²) in [5.74, 6) is 0. The molecule has 0 N–H and O–H groups in total. The van der Waals surface area contributed by atoms with Gasteiger partial charge in [-0.1, -0.05) is 54.1 Å². The van der Waals surface area contributed by atoms with Crippen LogP contribution in [0.5, 0.6) is 0 Å². The summed E-state index contributed by atoms with van der Waals surface area (Å²) in [5.41, 5.74) is 4.01. The van der Waals surface area contributed by atoms with Crippen molar-refractivity contribution in [3.05, 3.63) is 87.7 Å². The van der Waals surface area contributed by atoms with Crippen LogP contribution >= 0.6 is 22.9 Å². The van der Waals surface area contributed by atoms with Gasteiger partial charge in [0.15, 0.2) is 0 Å². The molecule has 2 heterocycles. The summed E-state index contributed by atoms with van der Waals surface area (Å²) >= 11 is 8.20. The molecule has 26 heavy (non-hydrogen) atoms. The van der Waals surface area contributed by atoms with Gasteiger partial charge in [0.1, 0.15) is 0 Å². The molecule has 0 aromatic heterocycles. The van der Waals surface area contributed by atoms with Crippen molar-refractivity contribution in [2.24, 2.45) is 0 Å². The standard InChI is InChI=1S/C22H14ClNOS/c1-13-10-11-18-19(12-13)26-21(16-8-4-5-9-17(16)23)20-14-6-2-3-7-15(14)22(25)24(18)20/h2-12H,1H3. The summed E-state index contributed by atoms with van der Waals surface area (Å²) in [6.45, 7) is 2.07. The third kappa shape index (κ3) is 2.14. The van der Waals surface area contributed by atoms with E-state index in [0.29, 0.717) is 5.02 Å². The van der Waals surface area contributed by atoms with Gasteiger partial charge in [-0.15, -0.1) is 11.3 Å². The van der Waals surface area contributed by atoms with Gasteiger partial charge in [-0.3, -0.25) is 9.36 Å². The van der Waals surface area contributed by atoms with Crippen LogP contribution in [0.15, 0.2) is 71.5 Å². The lowest BCUT2D eigenvalue weighted by atomic mass is 10.1. The number of halogens is 1. The highest BCUT2D eigenvalue weighted by atomic mass is 35.5. The molecule has 0 saturated carbocycles. The van der Waals surface area contributed by atoms with Crippen molar-refractivity contribution < 1.29 is 0 Å². The largest absolute Gasteiger partial charge is 0.273 e. The number of nitrogens with zero attached hydrogens (tertiary/aromatic N) is 1. The maximum Gasteiger partial charge on any atom is 0.263 e. The van der Waals surface area contributed by atoms with Crippen molar-refractivity contribution in [1.82, 2.24) is 4.57 Å². The first-order chi connectivity index (χ1) is 12.6. The van der Waals surface area contributed by atoms with Gasteiger partial charge in [-0.25, -0.2) is 0 Å². The molecule has 3 aromatic carbocycles. The highest BCUT2D eigenvalue weighted by molar-refractivity contribution is 7.22. The SMILES string of the molecule is Cc1ccc2c(c1)sc(-c1ccccc1Cl)c1c3ccccc3c(=O)n2-1. The fourth-order valence-corrected chi connectivity index (χ4v) is 5.15. The quantitative estimate of drug-likeness (QED) is 0.338. The van der Waals surface area contributed by atoms with Gasteiger partial charge in [0.2, 0.25) is 0 Å². The number of aromatic nitrogens is 1. The lowest BCUT2D eigenvalue weighted by molar-refractivity contribution is 1.10. The maximum absolute atomic E-state index is 13.2. The highest BCUT2D eigenvalue weighted by Gasteiger charge is 2.23.